The molecular weight excluding hydrogens is 243 g/mol. The summed E-state index contributed by atoms with van der Waals surface area (Å²) < 4.78 is 18.5. The molecule has 2 rings (SSSR count). The van der Waals surface area contributed by atoms with Crippen molar-refractivity contribution in [3.63, 3.8) is 0 Å². The third-order valence-electron chi connectivity index (χ3n) is 2.72. The van der Waals surface area contributed by atoms with E-state index in [0.717, 1.165) is 22.7 Å². The minimum absolute atomic E-state index is 0.239. The first-order valence-corrected chi connectivity index (χ1v) is 6.17. The van der Waals surface area contributed by atoms with Crippen molar-refractivity contribution in [3.05, 3.63) is 59.2 Å². The largest absolute Gasteiger partial charge is 0.487 e. The highest BCUT2D eigenvalue weighted by Gasteiger charge is 2.05. The Morgan fingerprint density at radius 2 is 1.89 bits per heavy atom. The standard InChI is InChI=1S/C15H17FN2O/c1-11-3-8-15(14(18-11)9-17-2)19-10-12-4-6-13(16)7-5-12/h3-8,17H,9-10H2,1-2H3. The van der Waals surface area contributed by atoms with Gasteiger partial charge in [-0.05, 0) is 43.8 Å². The zero-order valence-electron chi connectivity index (χ0n) is 11.1. The second-order valence-electron chi connectivity index (χ2n) is 4.34. The monoisotopic (exact) mass is 260 g/mol. The summed E-state index contributed by atoms with van der Waals surface area (Å²) in [5.41, 5.74) is 2.77. The first kappa shape index (κ1) is 13.5. The maximum atomic E-state index is 12.8. The predicted molar refractivity (Wildman–Crippen MR) is 72.5 cm³/mol. The van der Waals surface area contributed by atoms with Crippen LogP contribution in [-0.4, -0.2) is 12.0 Å². The Morgan fingerprint density at radius 1 is 1.16 bits per heavy atom. The van der Waals surface area contributed by atoms with Gasteiger partial charge in [-0.15, -0.1) is 0 Å². The molecule has 0 fully saturated rings. The zero-order chi connectivity index (χ0) is 13.7. The van der Waals surface area contributed by atoms with E-state index in [-0.39, 0.29) is 5.82 Å². The molecule has 0 atom stereocenters. The maximum Gasteiger partial charge on any atom is 0.142 e. The van der Waals surface area contributed by atoms with E-state index < -0.39 is 0 Å². The lowest BCUT2D eigenvalue weighted by atomic mass is 10.2. The van der Waals surface area contributed by atoms with Crippen molar-refractivity contribution in [1.82, 2.24) is 10.3 Å². The number of aryl methyl sites for hydroxylation is 1. The van der Waals surface area contributed by atoms with Gasteiger partial charge >= 0.3 is 0 Å². The van der Waals surface area contributed by atoms with E-state index in [4.69, 9.17) is 4.74 Å². The van der Waals surface area contributed by atoms with Crippen molar-refractivity contribution in [2.45, 2.75) is 20.1 Å². The first-order chi connectivity index (χ1) is 9.19. The van der Waals surface area contributed by atoms with E-state index in [1.165, 1.54) is 12.1 Å². The smallest absolute Gasteiger partial charge is 0.142 e. The Hall–Kier alpha value is -1.94. The second-order valence-corrected chi connectivity index (χ2v) is 4.34. The number of hydrogen-bond acceptors (Lipinski definition) is 3. The number of nitrogens with one attached hydrogen (secondary N) is 1. The summed E-state index contributed by atoms with van der Waals surface area (Å²) in [6.45, 7) is 3.01. The molecule has 3 nitrogen and oxygen atoms in total. The van der Waals surface area contributed by atoms with E-state index in [0.29, 0.717) is 13.2 Å². The van der Waals surface area contributed by atoms with Crippen LogP contribution in [0.4, 0.5) is 4.39 Å². The lowest BCUT2D eigenvalue weighted by molar-refractivity contribution is 0.300. The third-order valence-corrected chi connectivity index (χ3v) is 2.72. The minimum Gasteiger partial charge on any atom is -0.487 e. The van der Waals surface area contributed by atoms with Gasteiger partial charge in [0.15, 0.2) is 0 Å². The van der Waals surface area contributed by atoms with Crippen molar-refractivity contribution in [2.24, 2.45) is 0 Å². The van der Waals surface area contributed by atoms with Crippen LogP contribution in [0.3, 0.4) is 0 Å². The topological polar surface area (TPSA) is 34.2 Å². The Morgan fingerprint density at radius 3 is 2.58 bits per heavy atom. The number of nitrogens with zero attached hydrogens (tertiary/aromatic N) is 1. The van der Waals surface area contributed by atoms with Crippen LogP contribution in [0.1, 0.15) is 17.0 Å². The molecule has 0 aliphatic carbocycles. The summed E-state index contributed by atoms with van der Waals surface area (Å²) in [5, 5.41) is 3.07. The van der Waals surface area contributed by atoms with Gasteiger partial charge < -0.3 is 10.1 Å². The van der Waals surface area contributed by atoms with E-state index in [2.05, 4.69) is 10.3 Å². The van der Waals surface area contributed by atoms with E-state index >= 15 is 0 Å². The molecule has 0 aliphatic rings. The van der Waals surface area contributed by atoms with E-state index in [1.807, 2.05) is 26.1 Å². The molecule has 0 bridgehead atoms. The fourth-order valence-electron chi connectivity index (χ4n) is 1.76. The van der Waals surface area contributed by atoms with E-state index in [9.17, 15) is 4.39 Å². The molecule has 4 heteroatoms. The van der Waals surface area contributed by atoms with Crippen molar-refractivity contribution in [1.29, 1.82) is 0 Å². The quantitative estimate of drug-likeness (QED) is 0.897. The van der Waals surface area contributed by atoms with Gasteiger partial charge in [-0.2, -0.15) is 0 Å². The molecule has 0 unspecified atom stereocenters. The van der Waals surface area contributed by atoms with Crippen LogP contribution in [0, 0.1) is 12.7 Å². The van der Waals surface area contributed by atoms with Crippen molar-refractivity contribution < 1.29 is 9.13 Å². The Balaban J connectivity index is 2.08. The third kappa shape index (κ3) is 3.76. The molecule has 0 amide bonds. The van der Waals surface area contributed by atoms with Gasteiger partial charge in [-0.3, -0.25) is 4.98 Å². The van der Waals surface area contributed by atoms with Crippen molar-refractivity contribution >= 4 is 0 Å². The summed E-state index contributed by atoms with van der Waals surface area (Å²) in [6, 6.07) is 10.1. The predicted octanol–water partition coefficient (Wildman–Crippen LogP) is 2.83. The minimum atomic E-state index is -0.239. The number of halogens is 1. The summed E-state index contributed by atoms with van der Waals surface area (Å²) in [7, 11) is 1.87. The van der Waals surface area contributed by atoms with E-state index in [1.54, 1.807) is 12.1 Å². The summed E-state index contributed by atoms with van der Waals surface area (Å²) in [6.07, 6.45) is 0. The summed E-state index contributed by atoms with van der Waals surface area (Å²) in [5.74, 6) is 0.515. The molecule has 0 radical (unpaired) electrons. The molecule has 1 N–H and O–H groups in total. The average Bonchev–Trinajstić information content (AvgIpc) is 2.40. The fourth-order valence-corrected chi connectivity index (χ4v) is 1.76. The number of pyridine rings is 1. The molecule has 19 heavy (non-hydrogen) atoms. The molecule has 0 spiro atoms. The van der Waals surface area contributed by atoms with Crippen molar-refractivity contribution in [3.8, 4) is 5.75 Å². The molecule has 0 aliphatic heterocycles. The molecule has 0 saturated heterocycles. The molecule has 100 valence electrons. The number of benzene rings is 1. The van der Waals surface area contributed by atoms with Crippen LogP contribution >= 0.6 is 0 Å². The molecule has 1 aromatic carbocycles. The number of ether oxygens (including phenoxy) is 1. The lowest BCUT2D eigenvalue weighted by Gasteiger charge is -2.11. The highest BCUT2D eigenvalue weighted by molar-refractivity contribution is 5.29. The zero-order valence-corrected chi connectivity index (χ0v) is 11.1. The Kier molecular flexibility index (Phi) is 4.47. The number of aromatic nitrogens is 1. The molecule has 2 aromatic rings. The van der Waals surface area contributed by atoms with Crippen LogP contribution in [0.2, 0.25) is 0 Å². The SMILES string of the molecule is CNCc1nc(C)ccc1OCc1ccc(F)cc1. The maximum absolute atomic E-state index is 12.8. The second kappa shape index (κ2) is 6.29. The van der Waals surface area contributed by atoms with Crippen LogP contribution in [0.5, 0.6) is 5.75 Å². The van der Waals surface area contributed by atoms with Crippen molar-refractivity contribution in [2.75, 3.05) is 7.05 Å². The van der Waals surface area contributed by atoms with Gasteiger partial charge in [0.1, 0.15) is 18.2 Å². The van der Waals surface area contributed by atoms with Crippen LogP contribution in [0.25, 0.3) is 0 Å². The molecule has 1 heterocycles. The van der Waals surface area contributed by atoms with Crippen LogP contribution in [-0.2, 0) is 13.2 Å². The van der Waals surface area contributed by atoms with Gasteiger partial charge in [-0.25, -0.2) is 4.39 Å². The fraction of sp³-hybridized carbons (Fsp3) is 0.267. The van der Waals surface area contributed by atoms with Crippen LogP contribution < -0.4 is 10.1 Å². The highest BCUT2D eigenvalue weighted by atomic mass is 19.1. The number of hydrogen-bond donors (Lipinski definition) is 1. The van der Waals surface area contributed by atoms with Gasteiger partial charge in [0.2, 0.25) is 0 Å². The van der Waals surface area contributed by atoms with Gasteiger partial charge in [-0.1, -0.05) is 12.1 Å². The van der Waals surface area contributed by atoms with Gasteiger partial charge in [0.25, 0.3) is 0 Å². The van der Waals surface area contributed by atoms with Gasteiger partial charge in [0, 0.05) is 12.2 Å². The van der Waals surface area contributed by atoms with Gasteiger partial charge in [0.05, 0.1) is 5.69 Å². The summed E-state index contributed by atoms with van der Waals surface area (Å²) in [4.78, 5) is 4.44. The molecular formula is C15H17FN2O. The van der Waals surface area contributed by atoms with Crippen LogP contribution in [0.15, 0.2) is 36.4 Å². The average molecular weight is 260 g/mol. The Bertz CT molecular complexity index is 540. The normalized spacial score (nSPS) is 10.5. The molecule has 1 aromatic heterocycles. The number of rotatable bonds is 5. The highest BCUT2D eigenvalue weighted by Crippen LogP contribution is 2.18. The summed E-state index contributed by atoms with van der Waals surface area (Å²) >= 11 is 0. The molecule has 0 saturated carbocycles. The Labute approximate surface area is 112 Å². The lowest BCUT2D eigenvalue weighted by Crippen LogP contribution is -2.10. The first-order valence-electron chi connectivity index (χ1n) is 6.17.